The number of hydrogen-bond acceptors (Lipinski definition) is 3. The molecule has 1 aliphatic carbocycles. The molecule has 1 N–H and O–H groups in total. The van der Waals surface area contributed by atoms with Crippen molar-refractivity contribution in [1.29, 1.82) is 0 Å². The Kier molecular flexibility index (Phi) is 7.49. The van der Waals surface area contributed by atoms with Gasteiger partial charge < -0.3 is 10.1 Å². The van der Waals surface area contributed by atoms with Crippen molar-refractivity contribution in [2.75, 3.05) is 33.9 Å². The maximum Gasteiger partial charge on any atom is 0.0593 e. The molecule has 1 rings (SSSR count). The minimum Gasteiger partial charge on any atom is -0.380 e. The van der Waals surface area contributed by atoms with Crippen molar-refractivity contribution >= 4 is 0 Å². The molecule has 0 aromatic rings. The van der Waals surface area contributed by atoms with E-state index in [1.165, 1.54) is 25.7 Å². The van der Waals surface area contributed by atoms with E-state index in [4.69, 9.17) is 4.74 Å². The monoisotopic (exact) mass is 284 g/mol. The van der Waals surface area contributed by atoms with Crippen LogP contribution < -0.4 is 5.32 Å². The lowest BCUT2D eigenvalue weighted by Crippen LogP contribution is -2.53. The Labute approximate surface area is 126 Å². The van der Waals surface area contributed by atoms with E-state index in [9.17, 15) is 0 Å². The molecule has 3 heteroatoms. The Morgan fingerprint density at radius 2 is 1.95 bits per heavy atom. The number of nitrogens with one attached hydrogen (secondary N) is 1. The van der Waals surface area contributed by atoms with E-state index >= 15 is 0 Å². The van der Waals surface area contributed by atoms with Gasteiger partial charge in [-0.25, -0.2) is 0 Å². The van der Waals surface area contributed by atoms with Gasteiger partial charge in [-0.2, -0.15) is 0 Å². The third-order valence-corrected chi connectivity index (χ3v) is 5.56. The summed E-state index contributed by atoms with van der Waals surface area (Å²) in [4.78, 5) is 2.51. The van der Waals surface area contributed by atoms with Crippen LogP contribution in [-0.2, 0) is 4.74 Å². The van der Waals surface area contributed by atoms with Crippen LogP contribution in [0, 0.1) is 11.3 Å². The minimum absolute atomic E-state index is 0.470. The van der Waals surface area contributed by atoms with Gasteiger partial charge in [0, 0.05) is 25.2 Å². The van der Waals surface area contributed by atoms with Gasteiger partial charge in [0.25, 0.3) is 0 Å². The highest BCUT2D eigenvalue weighted by Crippen LogP contribution is 2.41. The maximum atomic E-state index is 5.52. The molecule has 3 nitrogen and oxygen atoms in total. The highest BCUT2D eigenvalue weighted by atomic mass is 16.5. The number of hydrogen-bond donors (Lipinski definition) is 1. The van der Waals surface area contributed by atoms with Crippen LogP contribution in [0.25, 0.3) is 0 Å². The van der Waals surface area contributed by atoms with Crippen LogP contribution in [0.4, 0.5) is 0 Å². The lowest BCUT2D eigenvalue weighted by molar-refractivity contribution is 0.0452. The molecule has 1 fully saturated rings. The molecule has 3 atom stereocenters. The molecule has 1 aliphatic rings. The van der Waals surface area contributed by atoms with Crippen molar-refractivity contribution in [2.45, 2.75) is 65.5 Å². The van der Waals surface area contributed by atoms with E-state index in [1.54, 1.807) is 0 Å². The topological polar surface area (TPSA) is 24.5 Å². The van der Waals surface area contributed by atoms with Crippen molar-refractivity contribution in [3.8, 4) is 0 Å². The normalized spacial score (nSPS) is 28.1. The molecule has 0 amide bonds. The number of ether oxygens (including phenoxy) is 1. The Bertz CT molecular complexity index is 268. The number of rotatable bonds is 8. The number of nitrogens with zero attached hydrogens (tertiary/aromatic N) is 1. The third kappa shape index (κ3) is 4.71. The van der Waals surface area contributed by atoms with Gasteiger partial charge in [0.15, 0.2) is 0 Å². The van der Waals surface area contributed by atoms with Crippen LogP contribution in [0.15, 0.2) is 0 Å². The van der Waals surface area contributed by atoms with Crippen molar-refractivity contribution in [3.63, 3.8) is 0 Å². The SMILES string of the molecule is CCOCCN(C)C1CC(C(C)(C)CC)CCC1NC. The molecular formula is C17H36N2O. The summed E-state index contributed by atoms with van der Waals surface area (Å²) in [5.74, 6) is 0.844. The zero-order chi connectivity index (χ0) is 15.2. The Morgan fingerprint density at radius 3 is 2.50 bits per heavy atom. The number of likely N-dealkylation sites (N-methyl/N-ethyl adjacent to an activating group) is 2. The lowest BCUT2D eigenvalue weighted by atomic mass is 9.67. The second kappa shape index (κ2) is 8.35. The first-order valence-corrected chi connectivity index (χ1v) is 8.41. The summed E-state index contributed by atoms with van der Waals surface area (Å²) in [6, 6.07) is 1.27. The molecule has 1 saturated carbocycles. The van der Waals surface area contributed by atoms with E-state index in [0.717, 1.165) is 25.7 Å². The van der Waals surface area contributed by atoms with Crippen molar-refractivity contribution in [2.24, 2.45) is 11.3 Å². The zero-order valence-corrected chi connectivity index (χ0v) is 14.5. The molecule has 0 bridgehead atoms. The van der Waals surface area contributed by atoms with E-state index in [1.807, 2.05) is 0 Å². The van der Waals surface area contributed by atoms with Crippen LogP contribution in [-0.4, -0.2) is 50.8 Å². The summed E-state index contributed by atoms with van der Waals surface area (Å²) in [7, 11) is 4.37. The molecule has 0 aromatic carbocycles. The molecule has 0 saturated heterocycles. The predicted octanol–water partition coefficient (Wildman–Crippen LogP) is 3.15. The van der Waals surface area contributed by atoms with E-state index in [2.05, 4.69) is 52.0 Å². The zero-order valence-electron chi connectivity index (χ0n) is 14.5. The first-order valence-electron chi connectivity index (χ1n) is 8.41. The first-order chi connectivity index (χ1) is 9.46. The predicted molar refractivity (Wildman–Crippen MR) is 87.2 cm³/mol. The molecule has 120 valence electrons. The lowest BCUT2D eigenvalue weighted by Gasteiger charge is -2.46. The van der Waals surface area contributed by atoms with Gasteiger partial charge in [-0.3, -0.25) is 4.90 Å². The summed E-state index contributed by atoms with van der Waals surface area (Å²) < 4.78 is 5.52. The van der Waals surface area contributed by atoms with Gasteiger partial charge in [0.2, 0.25) is 0 Å². The smallest absolute Gasteiger partial charge is 0.0593 e. The molecule has 0 aromatic heterocycles. The molecule has 0 spiro atoms. The van der Waals surface area contributed by atoms with E-state index in [0.29, 0.717) is 17.5 Å². The maximum absolute atomic E-state index is 5.52. The van der Waals surface area contributed by atoms with Crippen molar-refractivity contribution < 1.29 is 4.74 Å². The standard InChI is InChI=1S/C17H36N2O/c1-7-17(3,4)14-9-10-15(18-5)16(13-14)19(6)11-12-20-8-2/h14-16,18H,7-13H2,1-6H3. The third-order valence-electron chi connectivity index (χ3n) is 5.56. The minimum atomic E-state index is 0.470. The average molecular weight is 284 g/mol. The molecular weight excluding hydrogens is 248 g/mol. The quantitative estimate of drug-likeness (QED) is 0.693. The van der Waals surface area contributed by atoms with Crippen LogP contribution in [0.3, 0.4) is 0 Å². The molecule has 0 radical (unpaired) electrons. The van der Waals surface area contributed by atoms with Crippen LogP contribution in [0.1, 0.15) is 53.4 Å². The van der Waals surface area contributed by atoms with E-state index < -0.39 is 0 Å². The first kappa shape index (κ1) is 17.9. The Morgan fingerprint density at radius 1 is 1.25 bits per heavy atom. The van der Waals surface area contributed by atoms with Crippen molar-refractivity contribution in [3.05, 3.63) is 0 Å². The summed E-state index contributed by atoms with van der Waals surface area (Å²) in [5.41, 5.74) is 0.470. The highest BCUT2D eigenvalue weighted by Gasteiger charge is 2.38. The van der Waals surface area contributed by atoms with Crippen LogP contribution >= 0.6 is 0 Å². The van der Waals surface area contributed by atoms with Crippen LogP contribution in [0.2, 0.25) is 0 Å². The highest BCUT2D eigenvalue weighted by molar-refractivity contribution is 4.93. The summed E-state index contributed by atoms with van der Waals surface area (Å²) >= 11 is 0. The van der Waals surface area contributed by atoms with Gasteiger partial charge in [0.05, 0.1) is 6.61 Å². The van der Waals surface area contributed by atoms with E-state index in [-0.39, 0.29) is 0 Å². The Hall–Kier alpha value is -0.120. The second-order valence-corrected chi connectivity index (χ2v) is 6.99. The molecule has 0 heterocycles. The largest absolute Gasteiger partial charge is 0.380 e. The van der Waals surface area contributed by atoms with Gasteiger partial charge in [-0.15, -0.1) is 0 Å². The fourth-order valence-electron chi connectivity index (χ4n) is 3.49. The summed E-state index contributed by atoms with van der Waals surface area (Å²) in [5, 5.41) is 3.53. The molecule has 0 aliphatic heterocycles. The van der Waals surface area contributed by atoms with Crippen molar-refractivity contribution in [1.82, 2.24) is 10.2 Å². The summed E-state index contributed by atoms with van der Waals surface area (Å²) in [6.45, 7) is 12.0. The van der Waals surface area contributed by atoms with Gasteiger partial charge in [-0.1, -0.05) is 27.2 Å². The van der Waals surface area contributed by atoms with Crippen LogP contribution in [0.5, 0.6) is 0 Å². The fraction of sp³-hybridized carbons (Fsp3) is 1.00. The Balaban J connectivity index is 2.63. The average Bonchev–Trinajstić information content (AvgIpc) is 2.46. The fourth-order valence-corrected chi connectivity index (χ4v) is 3.49. The van der Waals surface area contributed by atoms with Gasteiger partial charge in [-0.05, 0) is 51.6 Å². The molecule has 20 heavy (non-hydrogen) atoms. The summed E-state index contributed by atoms with van der Waals surface area (Å²) in [6.07, 6.45) is 5.25. The second-order valence-electron chi connectivity index (χ2n) is 6.99. The van der Waals surface area contributed by atoms with Gasteiger partial charge >= 0.3 is 0 Å². The molecule has 3 unspecified atom stereocenters. The van der Waals surface area contributed by atoms with Gasteiger partial charge in [0.1, 0.15) is 0 Å².